The molecule has 2 N–H and O–H groups in total. The normalized spacial score (nSPS) is 17.6. The summed E-state index contributed by atoms with van der Waals surface area (Å²) in [4.78, 5) is 11.7. The van der Waals surface area contributed by atoms with E-state index >= 15 is 0 Å². The van der Waals surface area contributed by atoms with Crippen LogP contribution in [0.4, 0.5) is 0 Å². The molecule has 0 spiro atoms. The van der Waals surface area contributed by atoms with Gasteiger partial charge in [-0.2, -0.15) is 0 Å². The first-order chi connectivity index (χ1) is 9.90. The summed E-state index contributed by atoms with van der Waals surface area (Å²) in [6.07, 6.45) is 1.89. The van der Waals surface area contributed by atoms with Crippen LogP contribution in [0.3, 0.4) is 0 Å². The number of carboxylic acid groups (broad SMARTS) is 1. The number of aliphatic carboxylic acids is 1. The number of ether oxygens (including phenoxy) is 1. The van der Waals surface area contributed by atoms with E-state index in [1.807, 2.05) is 19.1 Å². The smallest absolute Gasteiger partial charge is 0.327 e. The molecule has 0 aliphatic heterocycles. The maximum atomic E-state index is 11.7. The minimum Gasteiger partial charge on any atom is -0.491 e. The van der Waals surface area contributed by atoms with Gasteiger partial charge in [-0.1, -0.05) is 26.0 Å². The molecule has 0 heterocycles. The number of aryl methyl sites for hydroxylation is 1. The van der Waals surface area contributed by atoms with Crippen LogP contribution in [0.1, 0.15) is 43.7 Å². The molecule has 1 aliphatic carbocycles. The number of carboxylic acids is 1. The van der Waals surface area contributed by atoms with Gasteiger partial charge in [0, 0.05) is 0 Å². The second-order valence-corrected chi connectivity index (χ2v) is 6.27. The maximum Gasteiger partial charge on any atom is 0.327 e. The highest BCUT2D eigenvalue weighted by molar-refractivity contribution is 5.80. The zero-order valence-electron chi connectivity index (χ0n) is 13.3. The Hall–Kier alpha value is -1.55. The first-order valence-electron chi connectivity index (χ1n) is 7.56. The van der Waals surface area contributed by atoms with Crippen LogP contribution in [0.15, 0.2) is 18.2 Å². The van der Waals surface area contributed by atoms with Crippen molar-refractivity contribution in [1.82, 2.24) is 5.32 Å². The number of rotatable bonds is 7. The molecule has 1 unspecified atom stereocenters. The van der Waals surface area contributed by atoms with Gasteiger partial charge in [0.1, 0.15) is 12.4 Å². The summed E-state index contributed by atoms with van der Waals surface area (Å²) >= 11 is 0. The SMILES string of the molecule is CNC(COc1cc(C(C)C)ccc1C)(C(=O)O)C1CC1. The molecule has 0 bridgehead atoms. The Kier molecular flexibility index (Phi) is 4.57. The van der Waals surface area contributed by atoms with Crippen LogP contribution in [0.2, 0.25) is 0 Å². The van der Waals surface area contributed by atoms with Crippen molar-refractivity contribution in [3.8, 4) is 5.75 Å². The molecule has 21 heavy (non-hydrogen) atoms. The van der Waals surface area contributed by atoms with Gasteiger partial charge in [-0.15, -0.1) is 0 Å². The van der Waals surface area contributed by atoms with Gasteiger partial charge < -0.3 is 15.2 Å². The summed E-state index contributed by atoms with van der Waals surface area (Å²) in [6.45, 7) is 6.41. The van der Waals surface area contributed by atoms with Crippen molar-refractivity contribution in [3.05, 3.63) is 29.3 Å². The zero-order valence-corrected chi connectivity index (χ0v) is 13.3. The fraction of sp³-hybridized carbons (Fsp3) is 0.588. The van der Waals surface area contributed by atoms with Gasteiger partial charge in [0.2, 0.25) is 0 Å². The van der Waals surface area contributed by atoms with Crippen molar-refractivity contribution in [2.24, 2.45) is 5.92 Å². The van der Waals surface area contributed by atoms with Crippen molar-refractivity contribution in [2.75, 3.05) is 13.7 Å². The Morgan fingerprint density at radius 1 is 1.48 bits per heavy atom. The summed E-state index contributed by atoms with van der Waals surface area (Å²) in [5, 5.41) is 12.6. The first-order valence-corrected chi connectivity index (χ1v) is 7.56. The summed E-state index contributed by atoms with van der Waals surface area (Å²) in [6, 6.07) is 6.15. The topological polar surface area (TPSA) is 58.6 Å². The van der Waals surface area contributed by atoms with Crippen molar-refractivity contribution >= 4 is 5.97 Å². The lowest BCUT2D eigenvalue weighted by Crippen LogP contribution is -2.56. The van der Waals surface area contributed by atoms with E-state index in [0.29, 0.717) is 5.92 Å². The Bertz CT molecular complexity index is 523. The van der Waals surface area contributed by atoms with E-state index in [1.54, 1.807) is 7.05 Å². The molecule has 1 atom stereocenters. The molecule has 0 amide bonds. The minimum atomic E-state index is -0.972. The third kappa shape index (κ3) is 3.21. The van der Waals surface area contributed by atoms with E-state index < -0.39 is 11.5 Å². The van der Waals surface area contributed by atoms with E-state index in [-0.39, 0.29) is 12.5 Å². The lowest BCUT2D eigenvalue weighted by molar-refractivity contribution is -0.147. The van der Waals surface area contributed by atoms with Crippen molar-refractivity contribution in [2.45, 2.75) is 45.1 Å². The first kappa shape index (κ1) is 15.8. The summed E-state index contributed by atoms with van der Waals surface area (Å²) in [5.74, 6) is 0.534. The van der Waals surface area contributed by atoms with E-state index in [2.05, 4.69) is 25.2 Å². The number of benzene rings is 1. The molecular weight excluding hydrogens is 266 g/mol. The molecule has 4 heteroatoms. The molecule has 4 nitrogen and oxygen atoms in total. The van der Waals surface area contributed by atoms with E-state index in [0.717, 1.165) is 24.2 Å². The predicted molar refractivity (Wildman–Crippen MR) is 82.9 cm³/mol. The summed E-state index contributed by atoms with van der Waals surface area (Å²) in [7, 11) is 1.70. The van der Waals surface area contributed by atoms with Crippen molar-refractivity contribution in [1.29, 1.82) is 0 Å². The molecule has 0 saturated heterocycles. The second kappa shape index (κ2) is 6.06. The standard InChI is InChI=1S/C17H25NO3/c1-11(2)13-6-5-12(3)15(9-13)21-10-17(18-4,16(19)20)14-7-8-14/h5-6,9,11,14,18H,7-8,10H2,1-4H3,(H,19,20). The minimum absolute atomic E-state index is 0.159. The molecular formula is C17H25NO3. The highest BCUT2D eigenvalue weighted by Crippen LogP contribution is 2.40. The van der Waals surface area contributed by atoms with E-state index in [9.17, 15) is 9.90 Å². The van der Waals surface area contributed by atoms with Crippen LogP contribution in [0, 0.1) is 12.8 Å². The predicted octanol–water partition coefficient (Wildman–Crippen LogP) is 2.95. The highest BCUT2D eigenvalue weighted by atomic mass is 16.5. The molecule has 1 aromatic rings. The van der Waals surface area contributed by atoms with Gasteiger partial charge in [0.05, 0.1) is 0 Å². The van der Waals surface area contributed by atoms with Crippen LogP contribution < -0.4 is 10.1 Å². The van der Waals surface area contributed by atoms with Crippen LogP contribution >= 0.6 is 0 Å². The number of likely N-dealkylation sites (N-methyl/N-ethyl adjacent to an activating group) is 1. The summed E-state index contributed by atoms with van der Waals surface area (Å²) in [5.41, 5.74) is 1.26. The van der Waals surface area contributed by atoms with Gasteiger partial charge in [0.25, 0.3) is 0 Å². The van der Waals surface area contributed by atoms with Gasteiger partial charge in [-0.05, 0) is 55.8 Å². The molecule has 1 saturated carbocycles. The van der Waals surface area contributed by atoms with E-state index in [4.69, 9.17) is 4.74 Å². The fourth-order valence-electron chi connectivity index (χ4n) is 2.64. The largest absolute Gasteiger partial charge is 0.491 e. The molecule has 1 fully saturated rings. The maximum absolute atomic E-state index is 11.7. The highest BCUT2D eigenvalue weighted by Gasteiger charge is 2.51. The van der Waals surface area contributed by atoms with Crippen LogP contribution in [0.5, 0.6) is 5.75 Å². The molecule has 0 radical (unpaired) electrons. The average Bonchev–Trinajstić information content (AvgIpc) is 3.26. The molecule has 2 rings (SSSR count). The average molecular weight is 291 g/mol. The Balaban J connectivity index is 2.17. The van der Waals surface area contributed by atoms with Gasteiger partial charge in [0.15, 0.2) is 5.54 Å². The van der Waals surface area contributed by atoms with Crippen molar-refractivity contribution < 1.29 is 14.6 Å². The van der Waals surface area contributed by atoms with Crippen LogP contribution in [-0.2, 0) is 4.79 Å². The van der Waals surface area contributed by atoms with Crippen LogP contribution in [-0.4, -0.2) is 30.3 Å². The van der Waals surface area contributed by atoms with Crippen LogP contribution in [0.25, 0.3) is 0 Å². The summed E-state index contributed by atoms with van der Waals surface area (Å²) < 4.78 is 5.90. The molecule has 1 aromatic carbocycles. The van der Waals surface area contributed by atoms with Gasteiger partial charge in [-0.3, -0.25) is 4.79 Å². The number of carbonyl (C=O) groups is 1. The molecule has 116 valence electrons. The van der Waals surface area contributed by atoms with Gasteiger partial charge in [-0.25, -0.2) is 0 Å². The third-order valence-corrected chi connectivity index (χ3v) is 4.44. The third-order valence-electron chi connectivity index (χ3n) is 4.44. The van der Waals surface area contributed by atoms with Gasteiger partial charge >= 0.3 is 5.97 Å². The fourth-order valence-corrected chi connectivity index (χ4v) is 2.64. The quantitative estimate of drug-likeness (QED) is 0.811. The Labute approximate surface area is 126 Å². The lowest BCUT2D eigenvalue weighted by atomic mass is 9.94. The zero-order chi connectivity index (χ0) is 15.6. The van der Waals surface area contributed by atoms with Crippen molar-refractivity contribution in [3.63, 3.8) is 0 Å². The number of hydrogen-bond donors (Lipinski definition) is 2. The number of nitrogens with one attached hydrogen (secondary N) is 1. The Morgan fingerprint density at radius 2 is 2.14 bits per heavy atom. The second-order valence-electron chi connectivity index (χ2n) is 6.27. The monoisotopic (exact) mass is 291 g/mol. The molecule has 0 aromatic heterocycles. The lowest BCUT2D eigenvalue weighted by Gasteiger charge is -2.29. The van der Waals surface area contributed by atoms with E-state index in [1.165, 1.54) is 5.56 Å². The molecule has 1 aliphatic rings. The number of hydrogen-bond acceptors (Lipinski definition) is 3. The Morgan fingerprint density at radius 3 is 2.62 bits per heavy atom.